The third-order valence-corrected chi connectivity index (χ3v) is 6.96. The first kappa shape index (κ1) is 28.5. The summed E-state index contributed by atoms with van der Waals surface area (Å²) in [6.07, 6.45) is 11.5. The van der Waals surface area contributed by atoms with Crippen molar-refractivity contribution >= 4 is 5.57 Å². The van der Waals surface area contributed by atoms with Gasteiger partial charge in [0.05, 0.1) is 18.6 Å². The van der Waals surface area contributed by atoms with Gasteiger partial charge in [0.15, 0.2) is 0 Å². The van der Waals surface area contributed by atoms with Crippen molar-refractivity contribution in [1.29, 1.82) is 0 Å². The van der Waals surface area contributed by atoms with Crippen molar-refractivity contribution in [3.05, 3.63) is 91.0 Å². The van der Waals surface area contributed by atoms with Gasteiger partial charge >= 0.3 is 18.0 Å². The third kappa shape index (κ3) is 6.47. The molecule has 1 unspecified atom stereocenters. The molecule has 1 aliphatic carbocycles. The quantitative estimate of drug-likeness (QED) is 0.219. The van der Waals surface area contributed by atoms with Crippen LogP contribution < -0.4 is 14.2 Å². The van der Waals surface area contributed by atoms with Crippen LogP contribution in [0.2, 0.25) is 0 Å². The van der Waals surface area contributed by atoms with Crippen LogP contribution in [0.15, 0.2) is 85.3 Å². The van der Waals surface area contributed by atoms with Gasteiger partial charge in [-0.1, -0.05) is 22.6 Å². The molecule has 1 aliphatic rings. The van der Waals surface area contributed by atoms with E-state index in [1.165, 1.54) is 0 Å². The summed E-state index contributed by atoms with van der Waals surface area (Å²) in [4.78, 5) is 13.2. The molecule has 7 rings (SSSR count). The molecule has 0 saturated heterocycles. The summed E-state index contributed by atoms with van der Waals surface area (Å²) >= 11 is 0. The van der Waals surface area contributed by atoms with E-state index in [1.807, 2.05) is 80.5 Å². The summed E-state index contributed by atoms with van der Waals surface area (Å²) in [5.74, 6) is 1.01. The summed E-state index contributed by atoms with van der Waals surface area (Å²) < 4.78 is 21.6. The Balaban J connectivity index is 1.11. The second kappa shape index (κ2) is 12.4. The molecule has 1 atom stereocenters. The van der Waals surface area contributed by atoms with Crippen LogP contribution in [0.5, 0.6) is 29.5 Å². The summed E-state index contributed by atoms with van der Waals surface area (Å²) in [6, 6.07) is 15.0. The minimum atomic E-state index is -0.330. The maximum absolute atomic E-state index is 6.14. The lowest BCUT2D eigenvalue weighted by Crippen LogP contribution is -2.17. The van der Waals surface area contributed by atoms with Crippen LogP contribution in [0.25, 0.3) is 28.1 Å². The van der Waals surface area contributed by atoms with Crippen LogP contribution in [-0.2, 0) is 7.05 Å². The SMILES string of the molecule is CC(C)n1cc(-c2ccc(Oc3nc(Oc4ccc(-c5cn[nH]n5)cc4)nc(OC4C=CC(c5cn(C)nn5)=CC4)n3)cc2)nn1. The van der Waals surface area contributed by atoms with Gasteiger partial charge in [0.1, 0.15) is 34.7 Å². The molecule has 4 aromatic heterocycles. The Labute approximate surface area is 262 Å². The molecule has 15 nitrogen and oxygen atoms in total. The van der Waals surface area contributed by atoms with Crippen molar-refractivity contribution in [2.24, 2.45) is 7.05 Å². The lowest BCUT2D eigenvalue weighted by Gasteiger charge is -2.17. The topological polar surface area (TPSA) is 169 Å². The molecular formula is C31H28N12O3. The molecule has 230 valence electrons. The lowest BCUT2D eigenvalue weighted by molar-refractivity contribution is 0.223. The molecule has 4 heterocycles. The fourth-order valence-electron chi connectivity index (χ4n) is 4.56. The van der Waals surface area contributed by atoms with Crippen molar-refractivity contribution in [3.63, 3.8) is 0 Å². The lowest BCUT2D eigenvalue weighted by atomic mass is 10.0. The van der Waals surface area contributed by atoms with E-state index in [1.54, 1.807) is 35.1 Å². The first-order valence-corrected chi connectivity index (χ1v) is 14.5. The smallest absolute Gasteiger partial charge is 0.331 e. The van der Waals surface area contributed by atoms with E-state index in [9.17, 15) is 0 Å². The van der Waals surface area contributed by atoms with Crippen LogP contribution in [0.4, 0.5) is 0 Å². The Morgan fingerprint density at radius 3 is 1.98 bits per heavy atom. The molecule has 0 amide bonds. The molecule has 6 aromatic rings. The normalized spacial score (nSPS) is 14.3. The van der Waals surface area contributed by atoms with Gasteiger partial charge in [0.25, 0.3) is 0 Å². The molecule has 0 saturated carbocycles. The molecule has 15 heteroatoms. The Bertz CT molecular complexity index is 2000. The largest absolute Gasteiger partial charge is 0.455 e. The van der Waals surface area contributed by atoms with Gasteiger partial charge in [-0.15, -0.1) is 25.1 Å². The van der Waals surface area contributed by atoms with Crippen molar-refractivity contribution in [2.75, 3.05) is 0 Å². The summed E-state index contributed by atoms with van der Waals surface area (Å²) in [6.45, 7) is 4.10. The van der Waals surface area contributed by atoms with E-state index in [-0.39, 0.29) is 30.2 Å². The zero-order valence-electron chi connectivity index (χ0n) is 25.1. The molecular weight excluding hydrogens is 588 g/mol. The molecule has 0 bridgehead atoms. The highest BCUT2D eigenvalue weighted by atomic mass is 16.5. The number of aromatic nitrogens is 12. The molecule has 46 heavy (non-hydrogen) atoms. The number of ether oxygens (including phenoxy) is 3. The van der Waals surface area contributed by atoms with Gasteiger partial charge in [-0.3, -0.25) is 4.68 Å². The molecule has 0 aliphatic heterocycles. The number of nitrogens with zero attached hydrogens (tertiary/aromatic N) is 11. The number of nitrogens with one attached hydrogen (secondary N) is 1. The first-order chi connectivity index (χ1) is 22.4. The minimum Gasteiger partial charge on any atom is -0.455 e. The average molecular weight is 617 g/mol. The zero-order chi connectivity index (χ0) is 31.5. The van der Waals surface area contributed by atoms with Gasteiger partial charge < -0.3 is 14.2 Å². The number of H-pyrrole nitrogens is 1. The highest BCUT2D eigenvalue weighted by Gasteiger charge is 2.18. The Morgan fingerprint density at radius 2 is 1.43 bits per heavy atom. The zero-order valence-corrected chi connectivity index (χ0v) is 25.1. The van der Waals surface area contributed by atoms with E-state index < -0.39 is 0 Å². The van der Waals surface area contributed by atoms with E-state index in [2.05, 4.69) is 51.0 Å². The summed E-state index contributed by atoms with van der Waals surface area (Å²) in [7, 11) is 1.83. The summed E-state index contributed by atoms with van der Waals surface area (Å²) in [5, 5.41) is 27.2. The number of aromatic amines is 1. The number of hydrogen-bond acceptors (Lipinski definition) is 12. The monoisotopic (exact) mass is 616 g/mol. The standard InChI is InChI=1S/C31H28N12O3/c1-19(2)43-18-28(38-41-43)22-8-14-25(15-9-22)46-31-34-29(44-23-10-4-20(5-11-23)26-16-32-39-36-26)33-30(35-31)45-24-12-6-21(7-13-24)27-17-42(3)40-37-27/h4-12,14-19,24H,13H2,1-3H3,(H,32,36,39). The molecule has 0 radical (unpaired) electrons. The Hall–Kier alpha value is -6.25. The van der Waals surface area contributed by atoms with Gasteiger partial charge in [-0.2, -0.15) is 15.4 Å². The predicted molar refractivity (Wildman–Crippen MR) is 165 cm³/mol. The number of allylic oxidation sites excluding steroid dienone is 2. The van der Waals surface area contributed by atoms with Crippen LogP contribution in [0, 0.1) is 0 Å². The fraction of sp³-hybridized carbons (Fsp3) is 0.194. The Morgan fingerprint density at radius 1 is 0.783 bits per heavy atom. The van der Waals surface area contributed by atoms with E-state index in [4.69, 9.17) is 14.2 Å². The van der Waals surface area contributed by atoms with Crippen molar-refractivity contribution in [1.82, 2.24) is 60.4 Å². The third-order valence-electron chi connectivity index (χ3n) is 6.96. The number of hydrogen-bond donors (Lipinski definition) is 1. The van der Waals surface area contributed by atoms with Crippen molar-refractivity contribution < 1.29 is 14.2 Å². The van der Waals surface area contributed by atoms with Crippen LogP contribution in [0.3, 0.4) is 0 Å². The van der Waals surface area contributed by atoms with Gasteiger partial charge in [-0.25, -0.2) is 4.68 Å². The van der Waals surface area contributed by atoms with Crippen molar-refractivity contribution in [2.45, 2.75) is 32.4 Å². The average Bonchev–Trinajstić information content (AvgIpc) is 3.85. The molecule has 2 aromatic carbocycles. The predicted octanol–water partition coefficient (Wildman–Crippen LogP) is 5.00. The maximum Gasteiger partial charge on any atom is 0.331 e. The second-order valence-electron chi connectivity index (χ2n) is 10.7. The second-order valence-corrected chi connectivity index (χ2v) is 10.7. The van der Waals surface area contributed by atoms with Gasteiger partial charge in [0, 0.05) is 30.6 Å². The van der Waals surface area contributed by atoms with E-state index in [0.717, 1.165) is 28.1 Å². The van der Waals surface area contributed by atoms with Crippen LogP contribution >= 0.6 is 0 Å². The minimum absolute atomic E-state index is 0.00619. The highest BCUT2D eigenvalue weighted by Crippen LogP contribution is 2.29. The molecule has 0 fully saturated rings. The number of aryl methyl sites for hydroxylation is 1. The van der Waals surface area contributed by atoms with Gasteiger partial charge in [-0.05, 0) is 74.0 Å². The highest BCUT2D eigenvalue weighted by molar-refractivity contribution is 5.72. The molecule has 0 spiro atoms. The van der Waals surface area contributed by atoms with Crippen molar-refractivity contribution in [3.8, 4) is 52.0 Å². The van der Waals surface area contributed by atoms with Gasteiger partial charge in [0.2, 0.25) is 0 Å². The van der Waals surface area contributed by atoms with E-state index >= 15 is 0 Å². The first-order valence-electron chi connectivity index (χ1n) is 14.5. The van der Waals surface area contributed by atoms with E-state index in [0.29, 0.717) is 23.6 Å². The maximum atomic E-state index is 6.14. The number of rotatable bonds is 10. The Kier molecular flexibility index (Phi) is 7.68. The fourth-order valence-corrected chi connectivity index (χ4v) is 4.56. The summed E-state index contributed by atoms with van der Waals surface area (Å²) in [5.41, 5.74) is 4.99. The molecule has 1 N–H and O–H groups in total. The number of benzene rings is 2. The van der Waals surface area contributed by atoms with Crippen LogP contribution in [-0.4, -0.2) is 66.5 Å². The van der Waals surface area contributed by atoms with Crippen LogP contribution in [0.1, 0.15) is 32.0 Å².